The van der Waals surface area contributed by atoms with E-state index in [-0.39, 0.29) is 0 Å². The van der Waals surface area contributed by atoms with Gasteiger partial charge in [-0.25, -0.2) is 0 Å². The summed E-state index contributed by atoms with van der Waals surface area (Å²) < 4.78 is 0. The molecule has 0 aliphatic carbocycles. The molecule has 0 aliphatic heterocycles. The van der Waals surface area contributed by atoms with Gasteiger partial charge < -0.3 is 0 Å². The lowest BCUT2D eigenvalue weighted by Crippen LogP contribution is -1.99. The standard InChI is InChI=1S/C15H16ClN/c1-5-6-15(11(2)12(3)17-4)13-7-9-14(16)10-8-13/h5-10H,1-2H2,3-4H3/b15-6+,17-12?. The van der Waals surface area contributed by atoms with E-state index in [0.29, 0.717) is 0 Å². The predicted molar refractivity (Wildman–Crippen MR) is 77.8 cm³/mol. The summed E-state index contributed by atoms with van der Waals surface area (Å²) in [6.45, 7) is 9.73. The second kappa shape index (κ2) is 6.21. The van der Waals surface area contributed by atoms with E-state index in [9.17, 15) is 0 Å². The maximum Gasteiger partial charge on any atom is 0.0406 e. The summed E-state index contributed by atoms with van der Waals surface area (Å²) in [7, 11) is 1.76. The van der Waals surface area contributed by atoms with Crippen LogP contribution in [0.2, 0.25) is 5.02 Å². The Kier molecular flexibility index (Phi) is 4.92. The molecule has 0 bridgehead atoms. The van der Waals surface area contributed by atoms with Crippen molar-refractivity contribution in [3.8, 4) is 0 Å². The van der Waals surface area contributed by atoms with Crippen molar-refractivity contribution in [3.05, 3.63) is 65.7 Å². The quantitative estimate of drug-likeness (QED) is 0.545. The minimum absolute atomic E-state index is 0.721. The van der Waals surface area contributed by atoms with Gasteiger partial charge in [-0.05, 0) is 35.8 Å². The molecular formula is C15H16ClN. The Balaban J connectivity index is 3.20. The summed E-state index contributed by atoms with van der Waals surface area (Å²) in [5.41, 5.74) is 3.88. The first-order valence-corrected chi connectivity index (χ1v) is 5.69. The molecule has 0 amide bonds. The summed E-state index contributed by atoms with van der Waals surface area (Å²) in [5.74, 6) is 0. The van der Waals surface area contributed by atoms with Gasteiger partial charge in [-0.15, -0.1) is 0 Å². The van der Waals surface area contributed by atoms with E-state index >= 15 is 0 Å². The molecule has 0 saturated heterocycles. The van der Waals surface area contributed by atoms with Gasteiger partial charge in [0.05, 0.1) is 0 Å². The molecular weight excluding hydrogens is 230 g/mol. The van der Waals surface area contributed by atoms with Gasteiger partial charge in [0, 0.05) is 17.8 Å². The summed E-state index contributed by atoms with van der Waals surface area (Å²) >= 11 is 5.88. The van der Waals surface area contributed by atoms with Crippen LogP contribution in [0.5, 0.6) is 0 Å². The number of aliphatic imine (C=N–C) groups is 1. The molecule has 0 heterocycles. The van der Waals surface area contributed by atoms with E-state index in [1.807, 2.05) is 37.3 Å². The topological polar surface area (TPSA) is 12.4 Å². The molecule has 0 spiro atoms. The van der Waals surface area contributed by atoms with Crippen molar-refractivity contribution >= 4 is 22.9 Å². The van der Waals surface area contributed by atoms with E-state index in [1.54, 1.807) is 13.1 Å². The zero-order chi connectivity index (χ0) is 12.8. The van der Waals surface area contributed by atoms with Crippen LogP contribution in [0.1, 0.15) is 12.5 Å². The average molecular weight is 246 g/mol. The first-order valence-electron chi connectivity index (χ1n) is 5.31. The van der Waals surface area contributed by atoms with Crippen molar-refractivity contribution in [2.75, 3.05) is 7.05 Å². The molecule has 0 aromatic heterocycles. The van der Waals surface area contributed by atoms with Gasteiger partial charge in [0.2, 0.25) is 0 Å². The van der Waals surface area contributed by atoms with Crippen LogP contribution in [-0.4, -0.2) is 12.8 Å². The fraction of sp³-hybridized carbons (Fsp3) is 0.133. The van der Waals surface area contributed by atoms with Crippen LogP contribution in [0.4, 0.5) is 0 Å². The molecule has 0 radical (unpaired) electrons. The normalized spacial score (nSPS) is 12.4. The fourth-order valence-corrected chi connectivity index (χ4v) is 1.57. The van der Waals surface area contributed by atoms with Gasteiger partial charge in [0.25, 0.3) is 0 Å². The van der Waals surface area contributed by atoms with Gasteiger partial charge in [-0.1, -0.05) is 49.0 Å². The highest BCUT2D eigenvalue weighted by Gasteiger charge is 2.07. The van der Waals surface area contributed by atoms with Crippen molar-refractivity contribution in [2.45, 2.75) is 6.92 Å². The molecule has 1 aromatic carbocycles. The first-order chi connectivity index (χ1) is 8.10. The lowest BCUT2D eigenvalue weighted by Gasteiger charge is -2.10. The third-order valence-corrected chi connectivity index (χ3v) is 2.79. The predicted octanol–water partition coefficient (Wildman–Crippen LogP) is 4.56. The molecule has 17 heavy (non-hydrogen) atoms. The Bertz CT molecular complexity index is 478. The minimum Gasteiger partial charge on any atom is -0.293 e. The fourth-order valence-electron chi connectivity index (χ4n) is 1.45. The maximum atomic E-state index is 5.88. The largest absolute Gasteiger partial charge is 0.293 e. The van der Waals surface area contributed by atoms with Crippen LogP contribution in [0.15, 0.2) is 60.1 Å². The smallest absolute Gasteiger partial charge is 0.0406 e. The highest BCUT2D eigenvalue weighted by molar-refractivity contribution is 6.30. The van der Waals surface area contributed by atoms with E-state index in [0.717, 1.165) is 27.4 Å². The third kappa shape index (κ3) is 3.43. The van der Waals surface area contributed by atoms with Crippen molar-refractivity contribution in [1.29, 1.82) is 0 Å². The van der Waals surface area contributed by atoms with Crippen molar-refractivity contribution < 1.29 is 0 Å². The number of allylic oxidation sites excluding steroid dienone is 4. The van der Waals surface area contributed by atoms with Crippen LogP contribution < -0.4 is 0 Å². The number of halogens is 1. The van der Waals surface area contributed by atoms with Crippen LogP contribution in [0.25, 0.3) is 5.57 Å². The van der Waals surface area contributed by atoms with Gasteiger partial charge in [-0.3, -0.25) is 4.99 Å². The average Bonchev–Trinajstić information content (AvgIpc) is 2.35. The molecule has 0 fully saturated rings. The van der Waals surface area contributed by atoms with E-state index in [2.05, 4.69) is 18.2 Å². The molecule has 0 unspecified atom stereocenters. The Labute approximate surface area is 108 Å². The molecule has 1 aromatic rings. The molecule has 2 heteroatoms. The third-order valence-electron chi connectivity index (χ3n) is 2.54. The molecule has 0 aliphatic rings. The molecule has 88 valence electrons. The van der Waals surface area contributed by atoms with Gasteiger partial charge in [-0.2, -0.15) is 0 Å². The van der Waals surface area contributed by atoms with Gasteiger partial charge in [0.1, 0.15) is 0 Å². The van der Waals surface area contributed by atoms with Crippen LogP contribution in [0, 0.1) is 0 Å². The number of nitrogens with zero attached hydrogens (tertiary/aromatic N) is 1. The second-order valence-corrected chi connectivity index (χ2v) is 4.05. The summed E-state index contributed by atoms with van der Waals surface area (Å²) in [4.78, 5) is 4.15. The Hall–Kier alpha value is -1.60. The summed E-state index contributed by atoms with van der Waals surface area (Å²) in [5, 5.41) is 0.721. The Morgan fingerprint density at radius 3 is 2.35 bits per heavy atom. The van der Waals surface area contributed by atoms with E-state index < -0.39 is 0 Å². The summed E-state index contributed by atoms with van der Waals surface area (Å²) in [6, 6.07) is 7.65. The number of rotatable bonds is 4. The number of benzene rings is 1. The summed E-state index contributed by atoms with van der Waals surface area (Å²) in [6.07, 6.45) is 3.68. The zero-order valence-corrected chi connectivity index (χ0v) is 11.0. The molecule has 0 saturated carbocycles. The van der Waals surface area contributed by atoms with Crippen LogP contribution in [-0.2, 0) is 0 Å². The highest BCUT2D eigenvalue weighted by Crippen LogP contribution is 2.24. The molecule has 1 rings (SSSR count). The molecule has 1 nitrogen and oxygen atoms in total. The zero-order valence-electron chi connectivity index (χ0n) is 10.2. The van der Waals surface area contributed by atoms with Crippen molar-refractivity contribution in [3.63, 3.8) is 0 Å². The minimum atomic E-state index is 0.721. The Morgan fingerprint density at radius 1 is 1.29 bits per heavy atom. The maximum absolute atomic E-state index is 5.88. The highest BCUT2D eigenvalue weighted by atomic mass is 35.5. The van der Waals surface area contributed by atoms with E-state index in [4.69, 9.17) is 11.6 Å². The van der Waals surface area contributed by atoms with E-state index in [1.165, 1.54) is 0 Å². The van der Waals surface area contributed by atoms with Gasteiger partial charge >= 0.3 is 0 Å². The molecule has 0 atom stereocenters. The van der Waals surface area contributed by atoms with Crippen molar-refractivity contribution in [1.82, 2.24) is 0 Å². The first kappa shape index (κ1) is 13.5. The molecule has 0 N–H and O–H groups in total. The second-order valence-electron chi connectivity index (χ2n) is 3.61. The number of hydrogen-bond acceptors (Lipinski definition) is 1. The Morgan fingerprint density at radius 2 is 1.88 bits per heavy atom. The van der Waals surface area contributed by atoms with Crippen LogP contribution >= 0.6 is 11.6 Å². The van der Waals surface area contributed by atoms with Crippen molar-refractivity contribution in [2.24, 2.45) is 4.99 Å². The lowest BCUT2D eigenvalue weighted by molar-refractivity contribution is 1.42. The lowest BCUT2D eigenvalue weighted by atomic mass is 9.96. The monoisotopic (exact) mass is 245 g/mol. The van der Waals surface area contributed by atoms with Gasteiger partial charge in [0.15, 0.2) is 0 Å². The number of hydrogen-bond donors (Lipinski definition) is 0. The SMILES string of the molecule is C=C/C=C(\C(=C)C(C)=NC)c1ccc(Cl)cc1. The van der Waals surface area contributed by atoms with Crippen LogP contribution in [0.3, 0.4) is 0 Å².